The molecule has 1 aromatic heterocycles. The van der Waals surface area contributed by atoms with Gasteiger partial charge in [0.15, 0.2) is 5.13 Å². The Morgan fingerprint density at radius 1 is 1.79 bits per heavy atom. The third-order valence-electron chi connectivity index (χ3n) is 1.67. The summed E-state index contributed by atoms with van der Waals surface area (Å²) in [6.07, 6.45) is 1.67. The molecule has 0 bridgehead atoms. The number of aromatic nitrogens is 1. The van der Waals surface area contributed by atoms with E-state index in [1.165, 1.54) is 11.3 Å². The number of amides is 1. The zero-order chi connectivity index (χ0) is 10.6. The van der Waals surface area contributed by atoms with Gasteiger partial charge in [-0.05, 0) is 23.0 Å². The maximum absolute atomic E-state index is 11.5. The van der Waals surface area contributed by atoms with Gasteiger partial charge in [-0.2, -0.15) is 0 Å². The van der Waals surface area contributed by atoms with E-state index >= 15 is 0 Å². The van der Waals surface area contributed by atoms with Gasteiger partial charge in [-0.1, -0.05) is 18.3 Å². The Kier molecular flexibility index (Phi) is 4.50. The smallest absolute Gasteiger partial charge is 0.230 e. The van der Waals surface area contributed by atoms with Crippen molar-refractivity contribution in [2.45, 2.75) is 6.92 Å². The van der Waals surface area contributed by atoms with Gasteiger partial charge in [-0.25, -0.2) is 4.98 Å². The number of rotatable bonds is 4. The molecule has 6 heteroatoms. The second kappa shape index (κ2) is 5.43. The fraction of sp³-hybridized carbons (Fsp3) is 0.500. The maximum atomic E-state index is 11.5. The summed E-state index contributed by atoms with van der Waals surface area (Å²) in [6, 6.07) is 0. The Labute approximate surface area is 95.2 Å². The summed E-state index contributed by atoms with van der Waals surface area (Å²) in [5.41, 5.74) is 0. The van der Waals surface area contributed by atoms with Gasteiger partial charge in [0.2, 0.25) is 5.91 Å². The molecular formula is C8H12BrN3OS. The van der Waals surface area contributed by atoms with E-state index in [0.29, 0.717) is 11.7 Å². The largest absolute Gasteiger partial charge is 0.319 e. The standard InChI is InChI=1S/C8H12BrN3OS/c1-5(3-10-2)7(13)12-8-11-4-6(9)14-8/h4-5,10H,3H2,1-2H3,(H,11,12,13). The molecule has 1 heterocycles. The normalized spacial score (nSPS) is 12.5. The van der Waals surface area contributed by atoms with Crippen LogP contribution in [0.15, 0.2) is 9.98 Å². The molecule has 0 aliphatic carbocycles. The van der Waals surface area contributed by atoms with Gasteiger partial charge in [-0.15, -0.1) is 0 Å². The Morgan fingerprint density at radius 3 is 3.00 bits per heavy atom. The first kappa shape index (κ1) is 11.6. The molecule has 1 atom stereocenters. The van der Waals surface area contributed by atoms with Gasteiger partial charge < -0.3 is 10.6 Å². The van der Waals surface area contributed by atoms with Crippen molar-refractivity contribution in [2.24, 2.45) is 5.92 Å². The molecule has 1 aromatic rings. The number of anilines is 1. The van der Waals surface area contributed by atoms with E-state index in [4.69, 9.17) is 0 Å². The topological polar surface area (TPSA) is 54.0 Å². The molecule has 0 saturated carbocycles. The summed E-state index contributed by atoms with van der Waals surface area (Å²) in [7, 11) is 1.82. The van der Waals surface area contributed by atoms with E-state index in [1.807, 2.05) is 14.0 Å². The third kappa shape index (κ3) is 3.36. The highest BCUT2D eigenvalue weighted by Gasteiger charge is 2.13. The van der Waals surface area contributed by atoms with Crippen molar-refractivity contribution in [3.05, 3.63) is 9.98 Å². The first-order valence-corrected chi connectivity index (χ1v) is 5.81. The molecule has 78 valence electrons. The van der Waals surface area contributed by atoms with E-state index in [1.54, 1.807) is 6.20 Å². The van der Waals surface area contributed by atoms with Crippen LogP contribution in [0.2, 0.25) is 0 Å². The summed E-state index contributed by atoms with van der Waals surface area (Å²) >= 11 is 4.69. The quantitative estimate of drug-likeness (QED) is 0.881. The first-order valence-electron chi connectivity index (χ1n) is 4.20. The van der Waals surface area contributed by atoms with Gasteiger partial charge in [0.05, 0.1) is 9.98 Å². The van der Waals surface area contributed by atoms with Crippen LogP contribution in [-0.4, -0.2) is 24.5 Å². The number of hydrogen-bond acceptors (Lipinski definition) is 4. The van der Waals surface area contributed by atoms with Gasteiger partial charge in [0.1, 0.15) is 0 Å². The summed E-state index contributed by atoms with van der Waals surface area (Å²) < 4.78 is 0.911. The Bertz CT molecular complexity index is 315. The molecular weight excluding hydrogens is 266 g/mol. The van der Waals surface area contributed by atoms with Crippen molar-refractivity contribution in [2.75, 3.05) is 18.9 Å². The molecule has 0 spiro atoms. The molecule has 0 aliphatic heterocycles. The zero-order valence-electron chi connectivity index (χ0n) is 8.00. The monoisotopic (exact) mass is 277 g/mol. The highest BCUT2D eigenvalue weighted by atomic mass is 79.9. The summed E-state index contributed by atoms with van der Waals surface area (Å²) in [5.74, 6) is -0.0659. The minimum absolute atomic E-state index is 0.0128. The molecule has 1 rings (SSSR count). The minimum atomic E-state index is -0.0531. The van der Waals surface area contributed by atoms with Crippen molar-refractivity contribution >= 4 is 38.3 Å². The summed E-state index contributed by atoms with van der Waals surface area (Å²) in [5, 5.41) is 6.33. The molecule has 1 unspecified atom stereocenters. The number of carbonyl (C=O) groups is 1. The molecule has 14 heavy (non-hydrogen) atoms. The number of hydrogen-bond donors (Lipinski definition) is 2. The van der Waals surface area contributed by atoms with Crippen LogP contribution in [0.25, 0.3) is 0 Å². The van der Waals surface area contributed by atoms with E-state index in [2.05, 4.69) is 31.5 Å². The van der Waals surface area contributed by atoms with E-state index in [0.717, 1.165) is 3.79 Å². The number of nitrogens with zero attached hydrogens (tertiary/aromatic N) is 1. The molecule has 0 aromatic carbocycles. The van der Waals surface area contributed by atoms with Crippen molar-refractivity contribution in [3.8, 4) is 0 Å². The number of thiazole rings is 1. The van der Waals surface area contributed by atoms with Crippen molar-refractivity contribution in [1.82, 2.24) is 10.3 Å². The minimum Gasteiger partial charge on any atom is -0.319 e. The van der Waals surface area contributed by atoms with Crippen LogP contribution >= 0.6 is 27.3 Å². The van der Waals surface area contributed by atoms with Crippen LogP contribution in [-0.2, 0) is 4.79 Å². The van der Waals surface area contributed by atoms with Crippen molar-refractivity contribution in [1.29, 1.82) is 0 Å². The van der Waals surface area contributed by atoms with Crippen LogP contribution in [0.5, 0.6) is 0 Å². The third-order valence-corrected chi connectivity index (χ3v) is 3.06. The summed E-state index contributed by atoms with van der Waals surface area (Å²) in [6.45, 7) is 2.53. The summed E-state index contributed by atoms with van der Waals surface area (Å²) in [4.78, 5) is 15.5. The highest BCUT2D eigenvalue weighted by Crippen LogP contribution is 2.23. The second-order valence-corrected chi connectivity index (χ2v) is 5.33. The average Bonchev–Trinajstić information content (AvgIpc) is 2.51. The van der Waals surface area contributed by atoms with Gasteiger partial charge in [0, 0.05) is 12.5 Å². The lowest BCUT2D eigenvalue weighted by Crippen LogP contribution is -2.28. The second-order valence-electron chi connectivity index (χ2n) is 2.92. The van der Waals surface area contributed by atoms with Gasteiger partial charge in [-0.3, -0.25) is 4.79 Å². The molecule has 0 radical (unpaired) electrons. The molecule has 0 fully saturated rings. The SMILES string of the molecule is CNCC(C)C(=O)Nc1ncc(Br)s1. The van der Waals surface area contributed by atoms with Crippen LogP contribution in [0.1, 0.15) is 6.92 Å². The molecule has 1 amide bonds. The lowest BCUT2D eigenvalue weighted by Gasteiger charge is -2.08. The fourth-order valence-corrected chi connectivity index (χ4v) is 2.05. The zero-order valence-corrected chi connectivity index (χ0v) is 10.4. The van der Waals surface area contributed by atoms with Crippen LogP contribution in [0.4, 0.5) is 5.13 Å². The van der Waals surface area contributed by atoms with E-state index in [-0.39, 0.29) is 11.8 Å². The van der Waals surface area contributed by atoms with Gasteiger partial charge >= 0.3 is 0 Å². The number of carbonyl (C=O) groups excluding carboxylic acids is 1. The van der Waals surface area contributed by atoms with E-state index in [9.17, 15) is 4.79 Å². The Morgan fingerprint density at radius 2 is 2.50 bits per heavy atom. The molecule has 0 saturated heterocycles. The molecule has 2 N–H and O–H groups in total. The van der Waals surface area contributed by atoms with Crippen molar-refractivity contribution < 1.29 is 4.79 Å². The fourth-order valence-electron chi connectivity index (χ4n) is 0.940. The highest BCUT2D eigenvalue weighted by molar-refractivity contribution is 9.11. The number of nitrogens with one attached hydrogen (secondary N) is 2. The van der Waals surface area contributed by atoms with Crippen molar-refractivity contribution in [3.63, 3.8) is 0 Å². The van der Waals surface area contributed by atoms with Crippen LogP contribution in [0.3, 0.4) is 0 Å². The lowest BCUT2D eigenvalue weighted by atomic mass is 10.2. The van der Waals surface area contributed by atoms with E-state index < -0.39 is 0 Å². The Balaban J connectivity index is 2.48. The predicted molar refractivity (Wildman–Crippen MR) is 61.5 cm³/mol. The number of halogens is 1. The first-order chi connectivity index (χ1) is 6.63. The predicted octanol–water partition coefficient (Wildman–Crippen LogP) is 1.70. The maximum Gasteiger partial charge on any atom is 0.230 e. The van der Waals surface area contributed by atoms with Crippen LogP contribution < -0.4 is 10.6 Å². The lowest BCUT2D eigenvalue weighted by molar-refractivity contribution is -0.119. The van der Waals surface area contributed by atoms with Crippen LogP contribution in [0, 0.1) is 5.92 Å². The van der Waals surface area contributed by atoms with Gasteiger partial charge in [0.25, 0.3) is 0 Å². The Hall–Kier alpha value is -0.460. The molecule has 4 nitrogen and oxygen atoms in total. The average molecular weight is 278 g/mol. The molecule has 0 aliphatic rings.